The average Bonchev–Trinajstić information content (AvgIpc) is 3.23. The number of amides is 1. The van der Waals surface area contributed by atoms with E-state index >= 15 is 0 Å². The van der Waals surface area contributed by atoms with Crippen molar-refractivity contribution in [2.45, 2.75) is 18.6 Å². The van der Waals surface area contributed by atoms with Crippen LogP contribution in [0.5, 0.6) is 0 Å². The highest BCUT2D eigenvalue weighted by Gasteiger charge is 2.70. The summed E-state index contributed by atoms with van der Waals surface area (Å²) in [5.41, 5.74) is 0.846. The van der Waals surface area contributed by atoms with Crippen LogP contribution in [0.3, 0.4) is 0 Å². The Morgan fingerprint density at radius 2 is 1.74 bits per heavy atom. The predicted octanol–water partition coefficient (Wildman–Crippen LogP) is 4.23. The summed E-state index contributed by atoms with van der Waals surface area (Å²) in [5, 5.41) is 6.72. The zero-order chi connectivity index (χ0) is 16.2. The summed E-state index contributed by atoms with van der Waals surface area (Å²) in [6, 6.07) is 14.5. The van der Waals surface area contributed by atoms with Crippen molar-refractivity contribution in [2.24, 2.45) is 5.10 Å². The Kier molecular flexibility index (Phi) is 3.23. The summed E-state index contributed by atoms with van der Waals surface area (Å²) in [4.78, 5) is 12.9. The highest BCUT2D eigenvalue weighted by Crippen LogP contribution is 2.57. The second kappa shape index (κ2) is 5.06. The summed E-state index contributed by atoms with van der Waals surface area (Å²) in [7, 11) is 0. The number of hydrazone groups is 1. The molecule has 6 heteroatoms. The number of rotatable bonds is 2. The Balaban J connectivity index is 1.72. The van der Waals surface area contributed by atoms with E-state index in [1.54, 1.807) is 25.1 Å². The maximum Gasteiger partial charge on any atom is 0.288 e. The van der Waals surface area contributed by atoms with Crippen LogP contribution in [0.15, 0.2) is 53.6 Å². The number of anilines is 1. The smallest absolute Gasteiger partial charge is 0.288 e. The van der Waals surface area contributed by atoms with E-state index in [1.807, 2.05) is 30.3 Å². The standard InChI is InChI=1S/C17H12Cl2N2O2/c1-10-17(15(23-17)14-12(18)8-5-9-13(14)19)16(22)21(20-10)11-6-3-2-4-7-11/h2-9,15H,1H3/t15-,17-/m0/s1. The lowest BCUT2D eigenvalue weighted by atomic mass is 9.95. The van der Waals surface area contributed by atoms with Crippen molar-refractivity contribution in [2.75, 3.05) is 5.01 Å². The van der Waals surface area contributed by atoms with E-state index in [1.165, 1.54) is 5.01 Å². The number of benzene rings is 2. The minimum absolute atomic E-state index is 0.220. The van der Waals surface area contributed by atoms with Gasteiger partial charge in [-0.3, -0.25) is 4.79 Å². The largest absolute Gasteiger partial charge is 0.344 e. The summed E-state index contributed by atoms with van der Waals surface area (Å²) in [6.45, 7) is 1.78. The van der Waals surface area contributed by atoms with E-state index < -0.39 is 11.7 Å². The zero-order valence-corrected chi connectivity index (χ0v) is 13.7. The van der Waals surface area contributed by atoms with Crippen LogP contribution in [0.4, 0.5) is 5.69 Å². The van der Waals surface area contributed by atoms with Crippen molar-refractivity contribution in [3.8, 4) is 0 Å². The van der Waals surface area contributed by atoms with E-state index in [2.05, 4.69) is 5.10 Å². The average molecular weight is 347 g/mol. The molecule has 0 unspecified atom stereocenters. The van der Waals surface area contributed by atoms with E-state index in [-0.39, 0.29) is 5.91 Å². The summed E-state index contributed by atoms with van der Waals surface area (Å²) >= 11 is 12.5. The van der Waals surface area contributed by atoms with Crippen molar-refractivity contribution >= 4 is 40.5 Å². The van der Waals surface area contributed by atoms with Crippen molar-refractivity contribution in [1.82, 2.24) is 0 Å². The van der Waals surface area contributed by atoms with E-state index in [0.29, 0.717) is 27.0 Å². The van der Waals surface area contributed by atoms with Gasteiger partial charge < -0.3 is 4.74 Å². The molecule has 2 atom stereocenters. The molecule has 116 valence electrons. The molecule has 4 rings (SSSR count). The van der Waals surface area contributed by atoms with Gasteiger partial charge in [0.2, 0.25) is 5.60 Å². The molecule has 0 aliphatic carbocycles. The minimum atomic E-state index is -1.09. The van der Waals surface area contributed by atoms with Gasteiger partial charge in [0.1, 0.15) is 6.10 Å². The summed E-state index contributed by atoms with van der Waals surface area (Å²) in [5.74, 6) is -0.220. The van der Waals surface area contributed by atoms with Gasteiger partial charge in [-0.25, -0.2) is 0 Å². The maximum atomic E-state index is 12.9. The third-order valence-electron chi connectivity index (χ3n) is 4.18. The number of nitrogens with zero attached hydrogens (tertiary/aromatic N) is 2. The van der Waals surface area contributed by atoms with E-state index in [9.17, 15) is 4.79 Å². The predicted molar refractivity (Wildman–Crippen MR) is 90.1 cm³/mol. The van der Waals surface area contributed by atoms with Crippen LogP contribution in [-0.4, -0.2) is 17.2 Å². The fourth-order valence-corrected chi connectivity index (χ4v) is 3.53. The minimum Gasteiger partial charge on any atom is -0.344 e. The van der Waals surface area contributed by atoms with Gasteiger partial charge in [-0.2, -0.15) is 10.1 Å². The Bertz CT molecular complexity index is 817. The van der Waals surface area contributed by atoms with Crippen LogP contribution >= 0.6 is 23.2 Å². The monoisotopic (exact) mass is 346 g/mol. The second-order valence-electron chi connectivity index (χ2n) is 5.51. The normalized spacial score (nSPS) is 25.9. The molecular formula is C17H12Cl2N2O2. The molecule has 0 aromatic heterocycles. The van der Waals surface area contributed by atoms with Crippen molar-refractivity contribution in [3.05, 3.63) is 64.1 Å². The first-order valence-electron chi connectivity index (χ1n) is 7.12. The summed E-state index contributed by atoms with van der Waals surface area (Å²) in [6.07, 6.45) is -0.506. The number of epoxide rings is 1. The Labute approximate surface area is 143 Å². The molecule has 2 heterocycles. The molecular weight excluding hydrogens is 335 g/mol. The van der Waals surface area contributed by atoms with Gasteiger partial charge in [0.05, 0.1) is 11.4 Å². The number of ether oxygens (including phenoxy) is 1. The molecule has 2 aliphatic heterocycles. The van der Waals surface area contributed by atoms with Crippen LogP contribution in [0.1, 0.15) is 18.6 Å². The summed E-state index contributed by atoms with van der Waals surface area (Å²) < 4.78 is 5.80. The molecule has 0 bridgehead atoms. The molecule has 1 saturated heterocycles. The van der Waals surface area contributed by atoms with Gasteiger partial charge >= 0.3 is 0 Å². The number of hydrogen-bond donors (Lipinski definition) is 0. The van der Waals surface area contributed by atoms with Gasteiger partial charge in [0.25, 0.3) is 5.91 Å². The fourth-order valence-electron chi connectivity index (χ4n) is 2.94. The third kappa shape index (κ3) is 2.02. The first kappa shape index (κ1) is 14.7. The van der Waals surface area contributed by atoms with Crippen molar-refractivity contribution in [3.63, 3.8) is 0 Å². The van der Waals surface area contributed by atoms with Crippen molar-refractivity contribution in [1.29, 1.82) is 0 Å². The molecule has 0 saturated carbocycles. The second-order valence-corrected chi connectivity index (χ2v) is 6.32. The Morgan fingerprint density at radius 1 is 1.09 bits per heavy atom. The number of halogens is 2. The lowest BCUT2D eigenvalue weighted by Crippen LogP contribution is -2.35. The quantitative estimate of drug-likeness (QED) is 0.764. The highest BCUT2D eigenvalue weighted by atomic mass is 35.5. The molecule has 0 radical (unpaired) electrons. The molecule has 0 N–H and O–H groups in total. The van der Waals surface area contributed by atoms with Crippen LogP contribution in [0, 0.1) is 0 Å². The molecule has 2 aromatic rings. The fraction of sp³-hybridized carbons (Fsp3) is 0.176. The molecule has 1 spiro atoms. The molecule has 4 nitrogen and oxygen atoms in total. The molecule has 2 aromatic carbocycles. The Morgan fingerprint density at radius 3 is 2.39 bits per heavy atom. The maximum absolute atomic E-state index is 12.9. The zero-order valence-electron chi connectivity index (χ0n) is 12.2. The molecule has 2 aliphatic rings. The van der Waals surface area contributed by atoms with Crippen LogP contribution < -0.4 is 5.01 Å². The Hall–Kier alpha value is -1.88. The lowest BCUT2D eigenvalue weighted by molar-refractivity contribution is -0.120. The van der Waals surface area contributed by atoms with E-state index in [0.717, 1.165) is 0 Å². The molecule has 23 heavy (non-hydrogen) atoms. The lowest BCUT2D eigenvalue weighted by Gasteiger charge is -2.12. The number of carbonyl (C=O) groups is 1. The van der Waals surface area contributed by atoms with Gasteiger partial charge in [-0.1, -0.05) is 47.5 Å². The SMILES string of the molecule is CC1=NN(c2ccccc2)C(=O)[C@]12O[C@H]2c1c(Cl)cccc1Cl. The van der Waals surface area contributed by atoms with Crippen LogP contribution in [0.2, 0.25) is 10.0 Å². The first-order valence-corrected chi connectivity index (χ1v) is 7.88. The van der Waals surface area contributed by atoms with Crippen molar-refractivity contribution < 1.29 is 9.53 Å². The molecule has 1 fully saturated rings. The number of para-hydroxylation sites is 1. The van der Waals surface area contributed by atoms with Gasteiger partial charge in [-0.05, 0) is 31.2 Å². The highest BCUT2D eigenvalue weighted by molar-refractivity contribution is 6.36. The number of hydrogen-bond acceptors (Lipinski definition) is 3. The van der Waals surface area contributed by atoms with Gasteiger partial charge in [0.15, 0.2) is 0 Å². The topological polar surface area (TPSA) is 45.2 Å². The van der Waals surface area contributed by atoms with Gasteiger partial charge in [0, 0.05) is 15.6 Å². The number of carbonyl (C=O) groups excluding carboxylic acids is 1. The van der Waals surface area contributed by atoms with Crippen LogP contribution in [-0.2, 0) is 9.53 Å². The third-order valence-corrected chi connectivity index (χ3v) is 4.84. The van der Waals surface area contributed by atoms with E-state index in [4.69, 9.17) is 27.9 Å². The van der Waals surface area contributed by atoms with Crippen LogP contribution in [0.25, 0.3) is 0 Å². The van der Waals surface area contributed by atoms with Gasteiger partial charge in [-0.15, -0.1) is 0 Å². The molecule has 1 amide bonds. The first-order chi connectivity index (χ1) is 11.1.